The van der Waals surface area contributed by atoms with Gasteiger partial charge in [0.15, 0.2) is 17.5 Å². The summed E-state index contributed by atoms with van der Waals surface area (Å²) in [5, 5.41) is 8.74. The molecule has 31 heavy (non-hydrogen) atoms. The summed E-state index contributed by atoms with van der Waals surface area (Å²) in [5.41, 5.74) is 1.89. The molecular formula is C20H23F2IN4O4. The second-order valence-corrected chi connectivity index (χ2v) is 6.25. The van der Waals surface area contributed by atoms with Crippen LogP contribution in [0.15, 0.2) is 41.4 Å². The van der Waals surface area contributed by atoms with Gasteiger partial charge in [-0.05, 0) is 23.8 Å². The molecule has 2 aromatic rings. The number of guanidine groups is 1. The van der Waals surface area contributed by atoms with E-state index in [-0.39, 0.29) is 49.0 Å². The Morgan fingerprint density at radius 2 is 1.87 bits per heavy atom. The van der Waals surface area contributed by atoms with Crippen LogP contribution in [0, 0.1) is 0 Å². The minimum Gasteiger partial charge on any atom is -0.454 e. The van der Waals surface area contributed by atoms with Crippen molar-refractivity contribution < 1.29 is 27.8 Å². The summed E-state index contributed by atoms with van der Waals surface area (Å²) < 4.78 is 40.6. The number of fused-ring (bicyclic) bond motifs is 1. The normalized spacial score (nSPS) is 12.2. The highest BCUT2D eigenvalue weighted by molar-refractivity contribution is 14.0. The summed E-state index contributed by atoms with van der Waals surface area (Å²) in [7, 11) is 3.16. The number of nitrogens with zero attached hydrogens (tertiary/aromatic N) is 1. The molecule has 0 saturated heterocycles. The molecular weight excluding hydrogens is 525 g/mol. The highest BCUT2D eigenvalue weighted by Crippen LogP contribution is 2.38. The van der Waals surface area contributed by atoms with Gasteiger partial charge < -0.3 is 30.2 Å². The van der Waals surface area contributed by atoms with Crippen molar-refractivity contribution in [2.24, 2.45) is 4.99 Å². The van der Waals surface area contributed by atoms with Crippen LogP contribution in [-0.4, -0.2) is 39.4 Å². The fourth-order valence-electron chi connectivity index (χ4n) is 2.86. The molecule has 1 aliphatic rings. The number of aliphatic imine (C=N–C) groups is 1. The lowest BCUT2D eigenvalue weighted by Crippen LogP contribution is -2.36. The minimum absolute atomic E-state index is 0. The zero-order valence-corrected chi connectivity index (χ0v) is 19.2. The van der Waals surface area contributed by atoms with Gasteiger partial charge in [-0.3, -0.25) is 9.79 Å². The predicted molar refractivity (Wildman–Crippen MR) is 121 cm³/mol. The van der Waals surface area contributed by atoms with Crippen molar-refractivity contribution >= 4 is 35.8 Å². The summed E-state index contributed by atoms with van der Waals surface area (Å²) >= 11 is 0. The van der Waals surface area contributed by atoms with Crippen LogP contribution >= 0.6 is 24.0 Å². The fraction of sp³-hybridized carbons (Fsp3) is 0.300. The van der Waals surface area contributed by atoms with Gasteiger partial charge in [0, 0.05) is 44.4 Å². The highest BCUT2D eigenvalue weighted by atomic mass is 127. The molecule has 0 fully saturated rings. The summed E-state index contributed by atoms with van der Waals surface area (Å²) in [5.74, 6) is 1.08. The Balaban J connectivity index is 0.00000341. The maximum Gasteiger partial charge on any atom is 0.387 e. The first-order chi connectivity index (χ1) is 14.5. The average molecular weight is 548 g/mol. The molecule has 0 bridgehead atoms. The molecule has 0 atom stereocenters. The number of nitrogens with one attached hydrogen (secondary N) is 3. The van der Waals surface area contributed by atoms with E-state index in [1.807, 2.05) is 6.07 Å². The van der Waals surface area contributed by atoms with E-state index < -0.39 is 6.61 Å². The highest BCUT2D eigenvalue weighted by Gasteiger charge is 2.20. The third kappa shape index (κ3) is 6.57. The number of hydrogen-bond acceptors (Lipinski definition) is 5. The monoisotopic (exact) mass is 548 g/mol. The van der Waals surface area contributed by atoms with Crippen LogP contribution in [-0.2, 0) is 13.1 Å². The molecule has 0 saturated carbocycles. The number of amides is 1. The maximum absolute atomic E-state index is 12.8. The smallest absolute Gasteiger partial charge is 0.387 e. The summed E-state index contributed by atoms with van der Waals surface area (Å²) in [6.07, 6.45) is 0. The van der Waals surface area contributed by atoms with E-state index in [0.29, 0.717) is 35.1 Å². The van der Waals surface area contributed by atoms with E-state index in [9.17, 15) is 13.6 Å². The maximum atomic E-state index is 12.8. The Hall–Kier alpha value is -2.83. The molecule has 2 aromatic carbocycles. The summed E-state index contributed by atoms with van der Waals surface area (Å²) in [4.78, 5) is 15.9. The zero-order chi connectivity index (χ0) is 21.5. The molecule has 0 spiro atoms. The van der Waals surface area contributed by atoms with Crippen molar-refractivity contribution in [1.82, 2.24) is 16.0 Å². The first-order valence-electron chi connectivity index (χ1n) is 9.13. The van der Waals surface area contributed by atoms with E-state index in [1.165, 1.54) is 6.07 Å². The topological polar surface area (TPSA) is 93.2 Å². The summed E-state index contributed by atoms with van der Waals surface area (Å²) in [6.45, 7) is -2.37. The van der Waals surface area contributed by atoms with Crippen molar-refractivity contribution in [2.75, 3.05) is 20.9 Å². The molecule has 1 heterocycles. The number of rotatable bonds is 7. The number of halogens is 3. The van der Waals surface area contributed by atoms with Gasteiger partial charge in [-0.2, -0.15) is 8.78 Å². The number of carbonyl (C=O) groups excluding carboxylic acids is 1. The van der Waals surface area contributed by atoms with Crippen LogP contribution in [0.4, 0.5) is 8.78 Å². The molecule has 168 valence electrons. The second-order valence-electron chi connectivity index (χ2n) is 6.25. The Labute approximate surface area is 195 Å². The van der Waals surface area contributed by atoms with Gasteiger partial charge in [-0.1, -0.05) is 12.1 Å². The van der Waals surface area contributed by atoms with Crippen molar-refractivity contribution in [3.63, 3.8) is 0 Å². The van der Waals surface area contributed by atoms with E-state index >= 15 is 0 Å². The Morgan fingerprint density at radius 1 is 1.16 bits per heavy atom. The van der Waals surface area contributed by atoms with Crippen LogP contribution in [0.1, 0.15) is 21.5 Å². The van der Waals surface area contributed by atoms with E-state index in [4.69, 9.17) is 9.47 Å². The molecule has 0 aliphatic carbocycles. The van der Waals surface area contributed by atoms with E-state index in [1.54, 1.807) is 38.4 Å². The predicted octanol–water partition coefficient (Wildman–Crippen LogP) is 2.86. The summed E-state index contributed by atoms with van der Waals surface area (Å²) in [6, 6.07) is 10.1. The largest absolute Gasteiger partial charge is 0.454 e. The first kappa shape index (κ1) is 24.4. The third-order valence-corrected chi connectivity index (χ3v) is 4.32. The van der Waals surface area contributed by atoms with Crippen LogP contribution in [0.25, 0.3) is 0 Å². The van der Waals surface area contributed by atoms with Crippen molar-refractivity contribution in [3.8, 4) is 17.2 Å². The van der Waals surface area contributed by atoms with Gasteiger partial charge in [0.25, 0.3) is 5.91 Å². The number of carbonyl (C=O) groups is 1. The van der Waals surface area contributed by atoms with Gasteiger partial charge in [-0.15, -0.1) is 24.0 Å². The number of benzene rings is 2. The quantitative estimate of drug-likeness (QED) is 0.280. The Kier molecular flexibility index (Phi) is 9.09. The van der Waals surface area contributed by atoms with E-state index in [0.717, 1.165) is 5.56 Å². The van der Waals surface area contributed by atoms with Crippen LogP contribution in [0.2, 0.25) is 0 Å². The average Bonchev–Trinajstić information content (AvgIpc) is 3.20. The third-order valence-electron chi connectivity index (χ3n) is 4.32. The Morgan fingerprint density at radius 3 is 2.55 bits per heavy atom. The lowest BCUT2D eigenvalue weighted by Gasteiger charge is -2.15. The molecule has 8 nitrogen and oxygen atoms in total. The zero-order valence-electron chi connectivity index (χ0n) is 16.9. The standard InChI is InChI=1S/C20H22F2N4O4.HI/c1-23-18(27)13-5-3-4-12(6-13)9-25-20(24-2)26-10-14-7-16-17(29-11-28-16)8-15(14)30-19(21)22;/h3-8,19H,9-11H2,1-2H3,(H,23,27)(H2,24,25,26);1H. The molecule has 0 unspecified atom stereocenters. The second kappa shape index (κ2) is 11.5. The minimum atomic E-state index is -2.96. The number of alkyl halides is 2. The molecule has 11 heteroatoms. The van der Waals surface area contributed by atoms with Crippen molar-refractivity contribution in [1.29, 1.82) is 0 Å². The van der Waals surface area contributed by atoms with E-state index in [2.05, 4.69) is 25.7 Å². The fourth-order valence-corrected chi connectivity index (χ4v) is 2.86. The SMILES string of the molecule is CN=C(NCc1cccc(C(=O)NC)c1)NCc1cc2c(cc1OC(F)F)OCO2.I. The molecule has 3 rings (SSSR count). The lowest BCUT2D eigenvalue weighted by molar-refractivity contribution is -0.0505. The first-order valence-corrected chi connectivity index (χ1v) is 9.13. The molecule has 1 aliphatic heterocycles. The van der Waals surface area contributed by atoms with Gasteiger partial charge >= 0.3 is 6.61 Å². The van der Waals surface area contributed by atoms with Crippen molar-refractivity contribution in [2.45, 2.75) is 19.7 Å². The number of hydrogen-bond donors (Lipinski definition) is 3. The Bertz CT molecular complexity index is 943. The van der Waals surface area contributed by atoms with Gasteiger partial charge in [0.1, 0.15) is 5.75 Å². The molecule has 1 amide bonds. The number of ether oxygens (including phenoxy) is 3. The van der Waals surface area contributed by atoms with Gasteiger partial charge in [-0.25, -0.2) is 0 Å². The van der Waals surface area contributed by atoms with Crippen LogP contribution < -0.4 is 30.2 Å². The lowest BCUT2D eigenvalue weighted by atomic mass is 10.1. The van der Waals surface area contributed by atoms with Gasteiger partial charge in [0.2, 0.25) is 6.79 Å². The van der Waals surface area contributed by atoms with Crippen molar-refractivity contribution in [3.05, 3.63) is 53.1 Å². The van der Waals surface area contributed by atoms with Crippen LogP contribution in [0.5, 0.6) is 17.2 Å². The molecule has 0 aromatic heterocycles. The van der Waals surface area contributed by atoms with Gasteiger partial charge in [0.05, 0.1) is 0 Å². The molecule has 3 N–H and O–H groups in total. The van der Waals surface area contributed by atoms with Crippen LogP contribution in [0.3, 0.4) is 0 Å². The molecule has 0 radical (unpaired) electrons.